The number of likely N-dealkylation sites (N-methyl/N-ethyl adjacent to an activating group) is 1. The largest absolute Gasteiger partial charge is 0.488 e. The Kier molecular flexibility index (Phi) is 8.07. The van der Waals surface area contributed by atoms with Crippen LogP contribution in [0.5, 0.6) is 5.75 Å². The number of halogens is 1. The quantitative estimate of drug-likeness (QED) is 0.287. The van der Waals surface area contributed by atoms with Gasteiger partial charge in [0.2, 0.25) is 0 Å². The van der Waals surface area contributed by atoms with Gasteiger partial charge in [0, 0.05) is 17.4 Å². The van der Waals surface area contributed by atoms with E-state index in [1.165, 1.54) is 28.6 Å². The molecule has 5 heteroatoms. The summed E-state index contributed by atoms with van der Waals surface area (Å²) in [6.45, 7) is 15.9. The van der Waals surface area contributed by atoms with Crippen LogP contribution in [0.3, 0.4) is 0 Å². The second-order valence-corrected chi connectivity index (χ2v) is 16.2. The molecule has 1 heterocycles. The maximum Gasteiger partial charge on any atom is 0.169 e. The van der Waals surface area contributed by atoms with Gasteiger partial charge in [0.1, 0.15) is 18.2 Å². The number of benzene rings is 2. The van der Waals surface area contributed by atoms with Gasteiger partial charge in [-0.3, -0.25) is 0 Å². The van der Waals surface area contributed by atoms with Crippen molar-refractivity contribution in [2.24, 2.45) is 0 Å². The number of rotatable bonds is 10. The summed E-state index contributed by atoms with van der Waals surface area (Å²) in [5, 5.41) is 1.24. The maximum absolute atomic E-state index is 13.3. The van der Waals surface area contributed by atoms with Crippen molar-refractivity contribution in [2.75, 3.05) is 20.6 Å². The number of hydrogen-bond acceptors (Lipinski definition) is 2. The Labute approximate surface area is 200 Å². The lowest BCUT2D eigenvalue weighted by Crippen LogP contribution is -2.51. The van der Waals surface area contributed by atoms with Gasteiger partial charge < -0.3 is 13.9 Å². The molecule has 0 radical (unpaired) electrons. The first kappa shape index (κ1) is 25.5. The molecular formula is C28H41FN2OSi. The van der Waals surface area contributed by atoms with E-state index in [2.05, 4.69) is 89.2 Å². The van der Waals surface area contributed by atoms with Crippen LogP contribution in [-0.4, -0.2) is 38.0 Å². The molecule has 180 valence electrons. The summed E-state index contributed by atoms with van der Waals surface area (Å²) in [5.74, 6) is 0.699. The van der Waals surface area contributed by atoms with Crippen LogP contribution >= 0.6 is 0 Å². The van der Waals surface area contributed by atoms with E-state index >= 15 is 0 Å². The van der Waals surface area contributed by atoms with Gasteiger partial charge >= 0.3 is 0 Å². The highest BCUT2D eigenvalue weighted by molar-refractivity contribution is 6.82. The van der Waals surface area contributed by atoms with E-state index in [0.717, 1.165) is 24.3 Å². The minimum atomic E-state index is -1.91. The molecule has 3 nitrogen and oxygen atoms in total. The average molecular weight is 469 g/mol. The Bertz CT molecular complexity index is 1030. The van der Waals surface area contributed by atoms with Crippen molar-refractivity contribution in [3.63, 3.8) is 0 Å². The first-order valence-corrected chi connectivity index (χ1v) is 14.4. The molecule has 0 atom stereocenters. The van der Waals surface area contributed by atoms with Crippen LogP contribution < -0.4 is 4.74 Å². The standard InChI is InChI=1S/C28H41FN2OSi/c1-20(2)33(21(3)4,22(5)6)31-18-24(16-17-30(7)8)28-26(31)10-9-11-27(28)32-19-23-12-14-25(29)15-13-23/h9-15,18,20-22H,16-17,19H2,1-8H3. The molecule has 0 aliphatic heterocycles. The van der Waals surface area contributed by atoms with Crippen molar-refractivity contribution in [3.8, 4) is 5.75 Å². The van der Waals surface area contributed by atoms with Gasteiger partial charge in [-0.1, -0.05) is 59.7 Å². The molecule has 0 spiro atoms. The van der Waals surface area contributed by atoms with Gasteiger partial charge in [0.05, 0.1) is 0 Å². The van der Waals surface area contributed by atoms with E-state index in [4.69, 9.17) is 4.74 Å². The monoisotopic (exact) mass is 468 g/mol. The molecule has 0 aliphatic carbocycles. The molecular weight excluding hydrogens is 427 g/mol. The lowest BCUT2D eigenvalue weighted by molar-refractivity contribution is 0.309. The highest BCUT2D eigenvalue weighted by Crippen LogP contribution is 2.46. The second kappa shape index (κ2) is 10.4. The normalized spacial score (nSPS) is 12.6. The molecule has 0 bridgehead atoms. The number of nitrogens with zero attached hydrogens (tertiary/aromatic N) is 2. The zero-order valence-corrected chi connectivity index (χ0v) is 22.7. The van der Waals surface area contributed by atoms with Crippen molar-refractivity contribution in [1.82, 2.24) is 9.13 Å². The fourth-order valence-electron chi connectivity index (χ4n) is 5.88. The molecule has 0 N–H and O–H groups in total. The summed E-state index contributed by atoms with van der Waals surface area (Å²) in [4.78, 5) is 2.24. The predicted octanol–water partition coefficient (Wildman–Crippen LogP) is 7.49. The number of hydrogen-bond donors (Lipinski definition) is 0. The second-order valence-electron chi connectivity index (χ2n) is 10.5. The Hall–Kier alpha value is -2.11. The van der Waals surface area contributed by atoms with Crippen LogP contribution in [-0.2, 0) is 13.0 Å². The van der Waals surface area contributed by atoms with E-state index < -0.39 is 8.24 Å². The summed E-state index contributed by atoms with van der Waals surface area (Å²) < 4.78 is 22.4. The van der Waals surface area contributed by atoms with Gasteiger partial charge in [-0.25, -0.2) is 4.39 Å². The average Bonchev–Trinajstić information content (AvgIpc) is 3.11. The molecule has 3 rings (SSSR count). The Balaban J connectivity index is 2.16. The number of ether oxygens (including phenoxy) is 1. The molecule has 0 aliphatic rings. The molecule has 0 amide bonds. The Morgan fingerprint density at radius 1 is 0.909 bits per heavy atom. The minimum absolute atomic E-state index is 0.221. The molecule has 0 saturated carbocycles. The zero-order chi connectivity index (χ0) is 24.3. The lowest BCUT2D eigenvalue weighted by Gasteiger charge is -2.44. The molecule has 0 unspecified atom stereocenters. The fourth-order valence-corrected chi connectivity index (χ4v) is 12.5. The Morgan fingerprint density at radius 2 is 1.52 bits per heavy atom. The Morgan fingerprint density at radius 3 is 2.06 bits per heavy atom. The predicted molar refractivity (Wildman–Crippen MR) is 141 cm³/mol. The van der Waals surface area contributed by atoms with E-state index in [1.807, 2.05) is 0 Å². The van der Waals surface area contributed by atoms with Crippen LogP contribution in [0.4, 0.5) is 4.39 Å². The summed E-state index contributed by atoms with van der Waals surface area (Å²) >= 11 is 0. The van der Waals surface area contributed by atoms with Crippen LogP contribution in [0.25, 0.3) is 10.9 Å². The van der Waals surface area contributed by atoms with Gasteiger partial charge in [-0.2, -0.15) is 0 Å². The lowest BCUT2D eigenvalue weighted by atomic mass is 10.1. The van der Waals surface area contributed by atoms with Gasteiger partial charge in [-0.05, 0) is 78.7 Å². The number of fused-ring (bicyclic) bond motifs is 1. The van der Waals surface area contributed by atoms with Crippen LogP contribution in [0.2, 0.25) is 16.6 Å². The number of aromatic nitrogens is 1. The molecule has 33 heavy (non-hydrogen) atoms. The van der Waals surface area contributed by atoms with Crippen LogP contribution in [0.1, 0.15) is 52.7 Å². The van der Waals surface area contributed by atoms with Crippen LogP contribution in [0, 0.1) is 5.82 Å². The van der Waals surface area contributed by atoms with Crippen molar-refractivity contribution >= 4 is 19.1 Å². The highest BCUT2D eigenvalue weighted by atomic mass is 28.3. The van der Waals surface area contributed by atoms with E-state index in [-0.39, 0.29) is 5.82 Å². The van der Waals surface area contributed by atoms with E-state index in [9.17, 15) is 4.39 Å². The maximum atomic E-state index is 13.3. The SMILES string of the molecule is CC(C)[Si](C(C)C)(C(C)C)n1cc(CCN(C)C)c2c(OCc3ccc(F)cc3)cccc21. The van der Waals surface area contributed by atoms with Crippen LogP contribution in [0.15, 0.2) is 48.7 Å². The summed E-state index contributed by atoms with van der Waals surface area (Å²) in [7, 11) is 2.34. The van der Waals surface area contributed by atoms with Crippen molar-refractivity contribution in [2.45, 2.75) is 71.2 Å². The van der Waals surface area contributed by atoms with Crippen molar-refractivity contribution in [3.05, 3.63) is 65.6 Å². The minimum Gasteiger partial charge on any atom is -0.488 e. The first-order chi connectivity index (χ1) is 15.6. The van der Waals surface area contributed by atoms with Gasteiger partial charge in [0.25, 0.3) is 0 Å². The fraction of sp³-hybridized carbons (Fsp3) is 0.500. The van der Waals surface area contributed by atoms with Crippen molar-refractivity contribution < 1.29 is 9.13 Å². The highest BCUT2D eigenvalue weighted by Gasteiger charge is 2.46. The van der Waals surface area contributed by atoms with E-state index in [1.54, 1.807) is 12.1 Å². The topological polar surface area (TPSA) is 17.4 Å². The first-order valence-electron chi connectivity index (χ1n) is 12.2. The third kappa shape index (κ3) is 5.04. The molecule has 0 fully saturated rings. The third-order valence-corrected chi connectivity index (χ3v) is 14.0. The molecule has 0 saturated heterocycles. The van der Waals surface area contributed by atoms with E-state index in [0.29, 0.717) is 23.2 Å². The van der Waals surface area contributed by atoms with Crippen molar-refractivity contribution in [1.29, 1.82) is 0 Å². The van der Waals surface area contributed by atoms with Gasteiger partial charge in [0.15, 0.2) is 8.24 Å². The zero-order valence-electron chi connectivity index (χ0n) is 21.7. The summed E-state index contributed by atoms with van der Waals surface area (Å²) in [6, 6.07) is 13.0. The summed E-state index contributed by atoms with van der Waals surface area (Å²) in [6.07, 6.45) is 3.43. The third-order valence-electron chi connectivity index (χ3n) is 7.20. The van der Waals surface area contributed by atoms with Gasteiger partial charge in [-0.15, -0.1) is 0 Å². The smallest absolute Gasteiger partial charge is 0.169 e. The summed E-state index contributed by atoms with van der Waals surface area (Å²) in [5.41, 5.74) is 5.45. The molecule has 1 aromatic heterocycles. The molecule has 3 aromatic rings. The molecule has 2 aromatic carbocycles.